The molecule has 0 rings (SSSR count). The molecule has 0 spiro atoms. The zero-order chi connectivity index (χ0) is 21.1. The summed E-state index contributed by atoms with van der Waals surface area (Å²) in [4.78, 5) is 0. The molecule has 0 saturated heterocycles. The van der Waals surface area contributed by atoms with Gasteiger partial charge in [0.25, 0.3) is 0 Å². The van der Waals surface area contributed by atoms with E-state index >= 15 is 0 Å². The quantitative estimate of drug-likeness (QED) is 0.167. The first-order chi connectivity index (χ1) is 13.4. The largest absolute Gasteiger partial charge is 1.00 e. The van der Waals surface area contributed by atoms with E-state index in [0.29, 0.717) is 19.3 Å². The minimum absolute atomic E-state index is 0. The van der Waals surface area contributed by atoms with Crippen molar-refractivity contribution in [1.82, 2.24) is 0 Å². The molecule has 0 bridgehead atoms. The van der Waals surface area contributed by atoms with Crippen molar-refractivity contribution in [1.29, 1.82) is 0 Å². The monoisotopic (exact) mass is 442 g/mol. The van der Waals surface area contributed by atoms with Crippen LogP contribution in [0.5, 0.6) is 0 Å². The van der Waals surface area contributed by atoms with Crippen molar-refractivity contribution in [2.24, 2.45) is 0 Å². The van der Waals surface area contributed by atoms with Gasteiger partial charge in [0, 0.05) is 5.25 Å². The van der Waals surface area contributed by atoms with E-state index in [9.17, 15) is 18.1 Å². The van der Waals surface area contributed by atoms with E-state index in [1.807, 2.05) is 6.92 Å². The van der Waals surface area contributed by atoms with Gasteiger partial charge in [-0.05, 0) is 25.7 Å². The Hall–Kier alpha value is 0.870. The zero-order valence-corrected chi connectivity index (χ0v) is 22.5. The van der Waals surface area contributed by atoms with Crippen molar-refractivity contribution in [3.8, 4) is 0 Å². The van der Waals surface area contributed by atoms with Crippen LogP contribution in [-0.2, 0) is 10.1 Å². The zero-order valence-electron chi connectivity index (χ0n) is 19.7. The Morgan fingerprint density at radius 2 is 0.966 bits per heavy atom. The molecule has 0 aromatic rings. The van der Waals surface area contributed by atoms with E-state index in [2.05, 4.69) is 6.92 Å². The fourth-order valence-corrected chi connectivity index (χ4v) is 4.72. The first-order valence-electron chi connectivity index (χ1n) is 12.0. The first-order valence-corrected chi connectivity index (χ1v) is 13.5. The van der Waals surface area contributed by atoms with Gasteiger partial charge in [-0.3, -0.25) is 0 Å². The smallest absolute Gasteiger partial charge is 0.748 e. The van der Waals surface area contributed by atoms with Gasteiger partial charge < -0.3 is 9.66 Å². The minimum Gasteiger partial charge on any atom is -0.748 e. The summed E-state index contributed by atoms with van der Waals surface area (Å²) in [6.45, 7) is 4.25. The van der Waals surface area contributed by atoms with Crippen molar-refractivity contribution in [2.75, 3.05) is 0 Å². The molecule has 29 heavy (non-hydrogen) atoms. The summed E-state index contributed by atoms with van der Waals surface area (Å²) in [5.74, 6) is 0. The summed E-state index contributed by atoms with van der Waals surface area (Å²) in [7, 11) is -4.18. The molecule has 0 aliphatic carbocycles. The topological polar surface area (TPSA) is 77.4 Å². The van der Waals surface area contributed by atoms with E-state index in [1.54, 1.807) is 0 Å². The molecule has 0 heterocycles. The Bertz CT molecular complexity index is 429. The van der Waals surface area contributed by atoms with Crippen LogP contribution in [0, 0.1) is 0 Å². The van der Waals surface area contributed by atoms with Gasteiger partial charge in [-0.2, -0.15) is 0 Å². The molecule has 0 fully saturated rings. The van der Waals surface area contributed by atoms with Crippen LogP contribution in [-0.4, -0.2) is 29.4 Å². The maximum absolute atomic E-state index is 11.3. The molecule has 4 nitrogen and oxygen atoms in total. The molecule has 0 radical (unpaired) electrons. The van der Waals surface area contributed by atoms with E-state index in [4.69, 9.17) is 0 Å². The fourth-order valence-electron chi connectivity index (χ4n) is 3.81. The molecule has 1 N–H and O–H groups in total. The summed E-state index contributed by atoms with van der Waals surface area (Å²) >= 11 is 0. The Morgan fingerprint density at radius 3 is 1.41 bits per heavy atom. The van der Waals surface area contributed by atoms with Crippen LogP contribution in [0.2, 0.25) is 0 Å². The summed E-state index contributed by atoms with van der Waals surface area (Å²) in [6, 6.07) is 0. The van der Waals surface area contributed by atoms with Gasteiger partial charge in [-0.25, -0.2) is 8.42 Å². The van der Waals surface area contributed by atoms with E-state index in [-0.39, 0.29) is 35.7 Å². The van der Waals surface area contributed by atoms with Crippen molar-refractivity contribution in [3.63, 3.8) is 0 Å². The van der Waals surface area contributed by atoms with Crippen molar-refractivity contribution in [2.45, 2.75) is 147 Å². The van der Waals surface area contributed by atoms with E-state index in [1.165, 1.54) is 64.2 Å². The Labute approximate surface area is 204 Å². The number of unbranched alkanes of at least 4 members (excludes halogenated alkanes) is 12. The maximum atomic E-state index is 11.3. The van der Waals surface area contributed by atoms with Crippen LogP contribution >= 0.6 is 0 Å². The van der Waals surface area contributed by atoms with Crippen LogP contribution in [0.25, 0.3) is 0 Å². The molecule has 170 valence electrons. The molecule has 2 atom stereocenters. The third-order valence-corrected chi connectivity index (χ3v) is 7.03. The fraction of sp³-hybridized carbons (Fsp3) is 1.00. The van der Waals surface area contributed by atoms with Gasteiger partial charge in [0.1, 0.15) is 0 Å². The van der Waals surface area contributed by atoms with Crippen LogP contribution in [0.1, 0.15) is 136 Å². The average Bonchev–Trinajstić information content (AvgIpc) is 2.64. The first kappa shape index (κ1) is 32.1. The molecule has 0 amide bonds. The predicted molar refractivity (Wildman–Crippen MR) is 119 cm³/mol. The number of rotatable bonds is 21. The van der Waals surface area contributed by atoms with Crippen molar-refractivity contribution >= 4 is 10.1 Å². The second-order valence-electron chi connectivity index (χ2n) is 8.52. The van der Waals surface area contributed by atoms with Crippen LogP contribution in [0.15, 0.2) is 0 Å². The van der Waals surface area contributed by atoms with Gasteiger partial charge in [0.15, 0.2) is 0 Å². The second kappa shape index (κ2) is 22.1. The standard InChI is InChI=1S/C23H48O4S.Na/c1-3-5-7-8-9-10-11-12-13-14-15-18-22(24)19-16-17-21-23(20-6-4-2)28(25,26)27;/h22-24H,3-21H2,1-2H3,(H,25,26,27);/q;+1/p-1. The number of aliphatic hydroxyl groups excluding tert-OH is 1. The summed E-state index contributed by atoms with van der Waals surface area (Å²) < 4.78 is 33.9. The third-order valence-electron chi connectivity index (χ3n) is 5.74. The molecular formula is C23H47NaO4S. The van der Waals surface area contributed by atoms with Gasteiger partial charge >= 0.3 is 29.6 Å². The number of hydrogen-bond donors (Lipinski definition) is 1. The molecule has 0 aliphatic rings. The number of aliphatic hydroxyl groups is 1. The molecule has 0 aliphatic heterocycles. The average molecular weight is 443 g/mol. The summed E-state index contributed by atoms with van der Waals surface area (Å²) in [5, 5.41) is 9.34. The molecule has 0 aromatic carbocycles. The molecule has 0 saturated carbocycles. The van der Waals surface area contributed by atoms with Gasteiger partial charge in [0.05, 0.1) is 16.2 Å². The van der Waals surface area contributed by atoms with Gasteiger partial charge in [-0.1, -0.05) is 110 Å². The van der Waals surface area contributed by atoms with Crippen LogP contribution in [0.3, 0.4) is 0 Å². The predicted octanol–water partition coefficient (Wildman–Crippen LogP) is 3.72. The van der Waals surface area contributed by atoms with Gasteiger partial charge in [0.2, 0.25) is 0 Å². The Balaban J connectivity index is 0. The van der Waals surface area contributed by atoms with Gasteiger partial charge in [-0.15, -0.1) is 0 Å². The Kier molecular flexibility index (Phi) is 24.4. The maximum Gasteiger partial charge on any atom is 1.00 e. The molecule has 0 aromatic heterocycles. The summed E-state index contributed by atoms with van der Waals surface area (Å²) in [6.07, 6.45) is 19.8. The molecular weight excluding hydrogens is 395 g/mol. The Morgan fingerprint density at radius 1 is 0.621 bits per heavy atom. The molecule has 6 heteroatoms. The van der Waals surface area contributed by atoms with Crippen LogP contribution in [0.4, 0.5) is 0 Å². The van der Waals surface area contributed by atoms with E-state index < -0.39 is 15.4 Å². The normalized spacial score (nSPS) is 13.8. The SMILES string of the molecule is CCCCCCCCCCCCCC(O)CCCCC(CCCC)S(=O)(=O)[O-].[Na+]. The van der Waals surface area contributed by atoms with Crippen molar-refractivity contribution in [3.05, 3.63) is 0 Å². The number of hydrogen-bond acceptors (Lipinski definition) is 4. The van der Waals surface area contributed by atoms with Crippen molar-refractivity contribution < 1.29 is 47.6 Å². The van der Waals surface area contributed by atoms with E-state index in [0.717, 1.165) is 38.5 Å². The minimum atomic E-state index is -4.18. The van der Waals surface area contributed by atoms with Crippen LogP contribution < -0.4 is 29.6 Å². The third kappa shape index (κ3) is 21.9. The second-order valence-corrected chi connectivity index (χ2v) is 10.2. The molecule has 2 unspecified atom stereocenters. The summed E-state index contributed by atoms with van der Waals surface area (Å²) in [5.41, 5.74) is 0.